The molecule has 1 aliphatic carbocycles. The lowest BCUT2D eigenvalue weighted by Crippen LogP contribution is -2.09. The van der Waals surface area contributed by atoms with Crippen molar-refractivity contribution in [2.45, 2.75) is 32.7 Å². The number of aryl methyl sites for hydroxylation is 3. The molecule has 1 saturated carbocycles. The zero-order valence-corrected chi connectivity index (χ0v) is 11.0. The molecule has 0 amide bonds. The molecule has 17 heavy (non-hydrogen) atoms. The molecule has 2 aromatic heterocycles. The molecule has 2 heterocycles. The highest BCUT2D eigenvalue weighted by Crippen LogP contribution is 2.32. The maximum atomic E-state index is 5.86. The van der Waals surface area contributed by atoms with Crippen LogP contribution in [0.5, 0.6) is 0 Å². The van der Waals surface area contributed by atoms with Crippen LogP contribution in [0.1, 0.15) is 24.4 Å². The summed E-state index contributed by atoms with van der Waals surface area (Å²) in [4.78, 5) is 4.70. The fraction of sp³-hybridized carbons (Fsp3) is 0.667. The molecule has 92 valence electrons. The lowest BCUT2D eigenvalue weighted by molar-refractivity contribution is 0.594. The molecule has 2 aromatic rings. The second-order valence-electron chi connectivity index (χ2n) is 4.90. The molecule has 0 bridgehead atoms. The summed E-state index contributed by atoms with van der Waals surface area (Å²) in [6, 6.07) is 0. The molecule has 0 unspecified atom stereocenters. The van der Waals surface area contributed by atoms with Gasteiger partial charge < -0.3 is 4.57 Å². The first-order valence-corrected chi connectivity index (χ1v) is 6.69. The van der Waals surface area contributed by atoms with Crippen molar-refractivity contribution in [1.82, 2.24) is 19.3 Å². The van der Waals surface area contributed by atoms with Crippen LogP contribution < -0.4 is 0 Å². The van der Waals surface area contributed by atoms with Crippen molar-refractivity contribution in [2.24, 2.45) is 13.0 Å². The maximum Gasteiger partial charge on any atom is 0.158 e. The van der Waals surface area contributed by atoms with Crippen LogP contribution in [0.25, 0.3) is 11.2 Å². The van der Waals surface area contributed by atoms with Crippen molar-refractivity contribution in [3.05, 3.63) is 11.5 Å². The van der Waals surface area contributed by atoms with E-state index in [9.17, 15) is 0 Å². The third-order valence-electron chi connectivity index (χ3n) is 3.42. The number of hydrogen-bond acceptors (Lipinski definition) is 2. The van der Waals surface area contributed by atoms with Gasteiger partial charge in [-0.25, -0.2) is 4.98 Å². The zero-order valence-electron chi connectivity index (χ0n) is 10.3. The number of aromatic nitrogens is 4. The SMILES string of the molecule is Cc1nn(C)c2c1nc(CCCl)n2CC1CC1. The molecule has 0 saturated heterocycles. The van der Waals surface area contributed by atoms with Gasteiger partial charge in [-0.1, -0.05) is 0 Å². The van der Waals surface area contributed by atoms with Crippen molar-refractivity contribution in [1.29, 1.82) is 0 Å². The van der Waals surface area contributed by atoms with Gasteiger partial charge in [0, 0.05) is 25.9 Å². The Labute approximate surface area is 106 Å². The number of alkyl halides is 1. The summed E-state index contributed by atoms with van der Waals surface area (Å²) in [5.41, 5.74) is 3.19. The summed E-state index contributed by atoms with van der Waals surface area (Å²) >= 11 is 5.86. The number of imidazole rings is 1. The van der Waals surface area contributed by atoms with E-state index in [-0.39, 0.29) is 0 Å². The largest absolute Gasteiger partial charge is 0.313 e. The first-order chi connectivity index (χ1) is 8.20. The Morgan fingerprint density at radius 1 is 1.41 bits per heavy atom. The Morgan fingerprint density at radius 2 is 2.18 bits per heavy atom. The third kappa shape index (κ3) is 1.84. The van der Waals surface area contributed by atoms with E-state index in [0.717, 1.165) is 41.6 Å². The maximum absolute atomic E-state index is 5.86. The summed E-state index contributed by atoms with van der Waals surface area (Å²) < 4.78 is 4.26. The molecule has 0 spiro atoms. The van der Waals surface area contributed by atoms with E-state index in [1.165, 1.54) is 12.8 Å². The van der Waals surface area contributed by atoms with Crippen LogP contribution in [0.3, 0.4) is 0 Å². The molecule has 0 aliphatic heterocycles. The summed E-state index contributed by atoms with van der Waals surface area (Å²) in [6.07, 6.45) is 3.52. The van der Waals surface area contributed by atoms with Gasteiger partial charge in [-0.2, -0.15) is 5.10 Å². The smallest absolute Gasteiger partial charge is 0.158 e. The van der Waals surface area contributed by atoms with E-state index in [1.807, 2.05) is 18.7 Å². The number of hydrogen-bond donors (Lipinski definition) is 0. The Bertz CT molecular complexity index is 550. The summed E-state index contributed by atoms with van der Waals surface area (Å²) in [5, 5.41) is 4.44. The highest BCUT2D eigenvalue weighted by Gasteiger charge is 2.25. The molecule has 0 aromatic carbocycles. The van der Waals surface area contributed by atoms with Gasteiger partial charge in [-0.3, -0.25) is 4.68 Å². The highest BCUT2D eigenvalue weighted by atomic mass is 35.5. The Hall–Kier alpha value is -1.03. The summed E-state index contributed by atoms with van der Waals surface area (Å²) in [5.74, 6) is 2.56. The molecule has 1 fully saturated rings. The topological polar surface area (TPSA) is 35.6 Å². The van der Waals surface area contributed by atoms with E-state index in [0.29, 0.717) is 5.88 Å². The van der Waals surface area contributed by atoms with Crippen LogP contribution in [0.15, 0.2) is 0 Å². The van der Waals surface area contributed by atoms with Crippen molar-refractivity contribution >= 4 is 22.8 Å². The molecule has 1 aliphatic rings. The minimum atomic E-state index is 0.625. The third-order valence-corrected chi connectivity index (χ3v) is 3.61. The summed E-state index contributed by atoms with van der Waals surface area (Å²) in [6.45, 7) is 3.09. The molecule has 0 radical (unpaired) electrons. The van der Waals surface area contributed by atoms with Gasteiger partial charge in [0.15, 0.2) is 5.65 Å². The van der Waals surface area contributed by atoms with E-state index in [1.54, 1.807) is 0 Å². The van der Waals surface area contributed by atoms with E-state index in [4.69, 9.17) is 16.6 Å². The predicted molar refractivity (Wildman–Crippen MR) is 68.4 cm³/mol. The van der Waals surface area contributed by atoms with Crippen molar-refractivity contribution in [3.63, 3.8) is 0 Å². The monoisotopic (exact) mass is 252 g/mol. The van der Waals surface area contributed by atoms with Gasteiger partial charge in [0.25, 0.3) is 0 Å². The number of halogens is 1. The molecular weight excluding hydrogens is 236 g/mol. The van der Waals surface area contributed by atoms with Crippen LogP contribution in [0.4, 0.5) is 0 Å². The normalized spacial score (nSPS) is 15.9. The number of nitrogens with zero attached hydrogens (tertiary/aromatic N) is 4. The first kappa shape index (κ1) is 11.1. The fourth-order valence-corrected chi connectivity index (χ4v) is 2.57. The van der Waals surface area contributed by atoms with Crippen LogP contribution in [-0.2, 0) is 20.0 Å². The summed E-state index contributed by atoms with van der Waals surface area (Å²) in [7, 11) is 1.99. The zero-order chi connectivity index (χ0) is 12.0. The average Bonchev–Trinajstić information content (AvgIpc) is 2.96. The van der Waals surface area contributed by atoms with Gasteiger partial charge in [0.2, 0.25) is 0 Å². The predicted octanol–water partition coefficient (Wildman–Crippen LogP) is 2.27. The minimum Gasteiger partial charge on any atom is -0.313 e. The van der Waals surface area contributed by atoms with Crippen molar-refractivity contribution in [3.8, 4) is 0 Å². The highest BCUT2D eigenvalue weighted by molar-refractivity contribution is 6.17. The van der Waals surface area contributed by atoms with E-state index >= 15 is 0 Å². The first-order valence-electron chi connectivity index (χ1n) is 6.15. The van der Waals surface area contributed by atoms with Crippen LogP contribution in [0, 0.1) is 12.8 Å². The fourth-order valence-electron chi connectivity index (χ4n) is 2.41. The van der Waals surface area contributed by atoms with Crippen LogP contribution in [-0.4, -0.2) is 25.2 Å². The quantitative estimate of drug-likeness (QED) is 0.783. The Morgan fingerprint density at radius 3 is 2.82 bits per heavy atom. The van der Waals surface area contributed by atoms with Gasteiger partial charge in [0.05, 0.1) is 5.69 Å². The molecule has 0 atom stereocenters. The second kappa shape index (κ2) is 4.02. The molecular formula is C12H17ClN4. The van der Waals surface area contributed by atoms with E-state index in [2.05, 4.69) is 9.67 Å². The van der Waals surface area contributed by atoms with Gasteiger partial charge in [0.1, 0.15) is 11.3 Å². The van der Waals surface area contributed by atoms with Gasteiger partial charge in [-0.15, -0.1) is 11.6 Å². The van der Waals surface area contributed by atoms with Crippen LogP contribution >= 0.6 is 11.6 Å². The van der Waals surface area contributed by atoms with Gasteiger partial charge >= 0.3 is 0 Å². The Kier molecular flexibility index (Phi) is 2.62. The molecule has 0 N–H and O–H groups in total. The van der Waals surface area contributed by atoms with Crippen molar-refractivity contribution in [2.75, 3.05) is 5.88 Å². The van der Waals surface area contributed by atoms with Crippen molar-refractivity contribution < 1.29 is 0 Å². The lowest BCUT2D eigenvalue weighted by atomic mass is 10.4. The van der Waals surface area contributed by atoms with Crippen LogP contribution in [0.2, 0.25) is 0 Å². The second-order valence-corrected chi connectivity index (χ2v) is 5.28. The standard InChI is InChI=1S/C12H17ClN4/c1-8-11-12(16(2)15-8)17(7-9-3-4-9)10(14-11)5-6-13/h9H,3-7H2,1-2H3. The lowest BCUT2D eigenvalue weighted by Gasteiger charge is -2.07. The molecule has 5 heteroatoms. The minimum absolute atomic E-state index is 0.625. The Balaban J connectivity index is 2.13. The number of fused-ring (bicyclic) bond motifs is 1. The van der Waals surface area contributed by atoms with E-state index < -0.39 is 0 Å². The average molecular weight is 253 g/mol. The molecule has 4 nitrogen and oxygen atoms in total. The number of rotatable bonds is 4. The molecule has 3 rings (SSSR count). The van der Waals surface area contributed by atoms with Gasteiger partial charge in [-0.05, 0) is 25.7 Å².